The lowest BCUT2D eigenvalue weighted by Gasteiger charge is -2.30. The van der Waals surface area contributed by atoms with Gasteiger partial charge in [-0.25, -0.2) is 0 Å². The monoisotopic (exact) mass is 308 g/mol. The summed E-state index contributed by atoms with van der Waals surface area (Å²) < 4.78 is 0. The number of rotatable bonds is 5. The average Bonchev–Trinajstić information content (AvgIpc) is 3.10. The molecule has 1 aliphatic rings. The quantitative estimate of drug-likeness (QED) is 0.824. The topological polar surface area (TPSA) is 66.9 Å². The van der Waals surface area contributed by atoms with Crippen LogP contribution in [-0.2, 0) is 11.2 Å². The van der Waals surface area contributed by atoms with Gasteiger partial charge in [0.1, 0.15) is 0 Å². The van der Waals surface area contributed by atoms with E-state index in [4.69, 9.17) is 11.1 Å². The molecule has 1 atom stereocenters. The van der Waals surface area contributed by atoms with E-state index in [-0.39, 0.29) is 5.78 Å². The molecule has 1 fully saturated rings. The summed E-state index contributed by atoms with van der Waals surface area (Å²) in [6.45, 7) is 1.90. The lowest BCUT2D eigenvalue weighted by Crippen LogP contribution is -2.51. The Bertz CT molecular complexity index is 742. The minimum absolute atomic E-state index is 0.122. The molecule has 23 heavy (non-hydrogen) atoms. The summed E-state index contributed by atoms with van der Waals surface area (Å²) in [5.74, 6) is 0.430. The Hall–Kier alpha value is -2.00. The van der Waals surface area contributed by atoms with Crippen molar-refractivity contribution < 1.29 is 4.79 Å². The largest absolute Gasteiger partial charge is 0.319 e. The second-order valence-electron chi connectivity index (χ2n) is 6.87. The summed E-state index contributed by atoms with van der Waals surface area (Å²) in [7, 11) is 0. The molecule has 1 aliphatic carbocycles. The number of hydrogen-bond acceptors (Lipinski definition) is 3. The van der Waals surface area contributed by atoms with Gasteiger partial charge in [0.2, 0.25) is 0 Å². The lowest BCUT2D eigenvalue weighted by molar-refractivity contribution is -0.124. The van der Waals surface area contributed by atoms with Gasteiger partial charge in [-0.3, -0.25) is 4.79 Å². The summed E-state index contributed by atoms with van der Waals surface area (Å²) in [4.78, 5) is 12.8. The summed E-state index contributed by atoms with van der Waals surface area (Å²) in [6.07, 6.45) is 6.21. The van der Waals surface area contributed by atoms with Crippen molar-refractivity contribution in [3.8, 4) is 0 Å². The summed E-state index contributed by atoms with van der Waals surface area (Å²) in [5.41, 5.74) is 7.57. The third-order valence-corrected chi connectivity index (χ3v) is 5.36. The van der Waals surface area contributed by atoms with Crippen molar-refractivity contribution >= 4 is 22.8 Å². The zero-order valence-electron chi connectivity index (χ0n) is 13.6. The van der Waals surface area contributed by atoms with E-state index in [2.05, 4.69) is 0 Å². The Kier molecular flexibility index (Phi) is 4.31. The van der Waals surface area contributed by atoms with Crippen LogP contribution in [0.15, 0.2) is 36.4 Å². The van der Waals surface area contributed by atoms with E-state index in [9.17, 15) is 4.79 Å². The Morgan fingerprint density at radius 3 is 2.52 bits per heavy atom. The van der Waals surface area contributed by atoms with Gasteiger partial charge in [-0.2, -0.15) is 0 Å². The van der Waals surface area contributed by atoms with E-state index in [0.717, 1.165) is 34.7 Å². The number of benzene rings is 2. The highest BCUT2D eigenvalue weighted by atomic mass is 16.1. The second kappa shape index (κ2) is 6.25. The highest BCUT2D eigenvalue weighted by Crippen LogP contribution is 2.34. The fraction of sp³-hybridized carbons (Fsp3) is 0.400. The molecule has 0 bridgehead atoms. The van der Waals surface area contributed by atoms with Crippen molar-refractivity contribution in [1.29, 1.82) is 5.41 Å². The first-order chi connectivity index (χ1) is 11.0. The van der Waals surface area contributed by atoms with E-state index in [0.29, 0.717) is 12.3 Å². The van der Waals surface area contributed by atoms with Crippen molar-refractivity contribution in [1.82, 2.24) is 0 Å². The standard InChI is InChI=1S/C20H24N2O/c1-20(22,16-6-2-3-7-16)19(23)12-14-10-11-15(13-21)18-9-5-4-8-17(14)18/h4-5,8-11,13,16,21H,2-3,6-7,12,22H2,1H3. The van der Waals surface area contributed by atoms with Crippen LogP contribution in [-0.4, -0.2) is 17.5 Å². The summed E-state index contributed by atoms with van der Waals surface area (Å²) >= 11 is 0. The van der Waals surface area contributed by atoms with Crippen LogP contribution in [0.4, 0.5) is 0 Å². The highest BCUT2D eigenvalue weighted by Gasteiger charge is 2.38. The van der Waals surface area contributed by atoms with Gasteiger partial charge in [0.05, 0.1) is 5.54 Å². The minimum Gasteiger partial charge on any atom is -0.319 e. The maximum Gasteiger partial charge on any atom is 0.157 e. The number of nitrogens with one attached hydrogen (secondary N) is 1. The van der Waals surface area contributed by atoms with Crippen molar-refractivity contribution in [2.24, 2.45) is 11.7 Å². The van der Waals surface area contributed by atoms with Crippen molar-refractivity contribution in [3.05, 3.63) is 47.5 Å². The second-order valence-corrected chi connectivity index (χ2v) is 6.87. The number of nitrogens with two attached hydrogens (primary N) is 1. The molecule has 0 heterocycles. The molecule has 120 valence electrons. The Labute approximate surface area is 137 Å². The number of Topliss-reactive ketones (excluding diaryl/α,β-unsaturated/α-hetero) is 1. The minimum atomic E-state index is -0.738. The molecule has 3 rings (SSSR count). The molecular weight excluding hydrogens is 284 g/mol. The number of carbonyl (C=O) groups excluding carboxylic acids is 1. The zero-order chi connectivity index (χ0) is 16.4. The highest BCUT2D eigenvalue weighted by molar-refractivity contribution is 6.02. The van der Waals surface area contributed by atoms with Crippen molar-refractivity contribution in [2.75, 3.05) is 0 Å². The van der Waals surface area contributed by atoms with Crippen LogP contribution >= 0.6 is 0 Å². The van der Waals surface area contributed by atoms with Gasteiger partial charge in [0, 0.05) is 12.6 Å². The molecule has 0 radical (unpaired) electrons. The number of hydrogen-bond donors (Lipinski definition) is 2. The Morgan fingerprint density at radius 2 is 1.87 bits per heavy atom. The first kappa shape index (κ1) is 15.9. The van der Waals surface area contributed by atoms with E-state index in [1.165, 1.54) is 19.1 Å². The maximum atomic E-state index is 12.8. The Balaban J connectivity index is 1.92. The molecule has 0 saturated heterocycles. The van der Waals surface area contributed by atoms with Crippen LogP contribution < -0.4 is 5.73 Å². The van der Waals surface area contributed by atoms with Crippen LogP contribution in [0.3, 0.4) is 0 Å². The molecule has 1 saturated carbocycles. The zero-order valence-corrected chi connectivity index (χ0v) is 13.6. The van der Waals surface area contributed by atoms with Gasteiger partial charge >= 0.3 is 0 Å². The van der Waals surface area contributed by atoms with Gasteiger partial charge in [0.25, 0.3) is 0 Å². The normalized spacial score (nSPS) is 18.0. The van der Waals surface area contributed by atoms with Gasteiger partial charge in [0.15, 0.2) is 5.78 Å². The molecule has 3 N–H and O–H groups in total. The molecular formula is C20H24N2O. The molecule has 0 amide bonds. The van der Waals surface area contributed by atoms with Gasteiger partial charge in [-0.15, -0.1) is 0 Å². The molecule has 2 aromatic carbocycles. The fourth-order valence-corrected chi connectivity index (χ4v) is 3.78. The van der Waals surface area contributed by atoms with Crippen LogP contribution in [0.5, 0.6) is 0 Å². The van der Waals surface area contributed by atoms with Crippen LogP contribution in [0.2, 0.25) is 0 Å². The lowest BCUT2D eigenvalue weighted by atomic mass is 9.79. The third kappa shape index (κ3) is 2.93. The Morgan fingerprint density at radius 1 is 1.22 bits per heavy atom. The van der Waals surface area contributed by atoms with Crippen LogP contribution in [0.1, 0.15) is 43.7 Å². The smallest absolute Gasteiger partial charge is 0.157 e. The maximum absolute atomic E-state index is 12.8. The molecule has 0 spiro atoms. The van der Waals surface area contributed by atoms with Gasteiger partial charge < -0.3 is 11.1 Å². The SMILES string of the molecule is CC(N)(C(=O)Cc1ccc(C=N)c2ccccc12)C1CCCC1. The van der Waals surface area contributed by atoms with Crippen LogP contribution in [0, 0.1) is 11.3 Å². The molecule has 0 aliphatic heterocycles. The first-order valence-electron chi connectivity index (χ1n) is 8.37. The predicted molar refractivity (Wildman–Crippen MR) is 95.1 cm³/mol. The first-order valence-corrected chi connectivity index (χ1v) is 8.37. The predicted octanol–water partition coefficient (Wildman–Crippen LogP) is 3.86. The number of ketones is 1. The third-order valence-electron chi connectivity index (χ3n) is 5.36. The van der Waals surface area contributed by atoms with Crippen molar-refractivity contribution in [3.63, 3.8) is 0 Å². The van der Waals surface area contributed by atoms with E-state index < -0.39 is 5.54 Å². The van der Waals surface area contributed by atoms with Gasteiger partial charge in [-0.05, 0) is 47.6 Å². The molecule has 2 aromatic rings. The summed E-state index contributed by atoms with van der Waals surface area (Å²) in [5, 5.41) is 9.60. The van der Waals surface area contributed by atoms with Gasteiger partial charge in [-0.1, -0.05) is 49.2 Å². The van der Waals surface area contributed by atoms with Crippen LogP contribution in [0.25, 0.3) is 10.8 Å². The number of carbonyl (C=O) groups is 1. The average molecular weight is 308 g/mol. The van der Waals surface area contributed by atoms with Crippen molar-refractivity contribution in [2.45, 2.75) is 44.6 Å². The summed E-state index contributed by atoms with van der Waals surface area (Å²) in [6, 6.07) is 11.8. The van der Waals surface area contributed by atoms with E-state index >= 15 is 0 Å². The number of fused-ring (bicyclic) bond motifs is 1. The molecule has 3 heteroatoms. The fourth-order valence-electron chi connectivity index (χ4n) is 3.78. The molecule has 0 aromatic heterocycles. The van der Waals surface area contributed by atoms with E-state index in [1.54, 1.807) is 0 Å². The molecule has 1 unspecified atom stereocenters. The molecule has 3 nitrogen and oxygen atoms in total. The van der Waals surface area contributed by atoms with E-state index in [1.807, 2.05) is 43.3 Å².